The number of benzene rings is 1. The zero-order valence-electron chi connectivity index (χ0n) is 14.9. The van der Waals surface area contributed by atoms with Gasteiger partial charge in [-0.25, -0.2) is 8.78 Å². The van der Waals surface area contributed by atoms with Crippen LogP contribution in [0.5, 0.6) is 0 Å². The molecule has 2 N–H and O–H groups in total. The van der Waals surface area contributed by atoms with E-state index in [1.807, 2.05) is 4.90 Å². The summed E-state index contributed by atoms with van der Waals surface area (Å²) in [4.78, 5) is 26.1. The lowest BCUT2D eigenvalue weighted by Gasteiger charge is -2.25. The summed E-state index contributed by atoms with van der Waals surface area (Å²) in [6.07, 6.45) is 1.88. The molecule has 0 bridgehead atoms. The topological polar surface area (TPSA) is 61.4 Å². The molecule has 26 heavy (non-hydrogen) atoms. The minimum absolute atomic E-state index is 0.0320. The molecule has 1 aromatic carbocycles. The minimum Gasteiger partial charge on any atom is -0.349 e. The summed E-state index contributed by atoms with van der Waals surface area (Å²) in [7, 11) is 0. The van der Waals surface area contributed by atoms with Crippen molar-refractivity contribution >= 4 is 11.8 Å². The molecule has 0 aliphatic carbocycles. The number of likely N-dealkylation sites (tertiary alicyclic amines) is 1. The number of carbonyl (C=O) groups is 2. The standard InChI is InChI=1S/C19H25F2N3O2/c1-12(25)23-18(16-3-2-15(20)8-17(16)21)9-19(26)24-6-4-13-10-22-11-14(13)5-7-24/h2-3,8,13-14,18,22H,4-7,9-11H2,1H3,(H,23,25)/t13-,14+,18?. The summed E-state index contributed by atoms with van der Waals surface area (Å²) in [6, 6.07) is 2.40. The molecule has 3 atom stereocenters. The van der Waals surface area contributed by atoms with E-state index in [0.717, 1.165) is 38.1 Å². The fraction of sp³-hybridized carbons (Fsp3) is 0.579. The van der Waals surface area contributed by atoms with E-state index >= 15 is 0 Å². The van der Waals surface area contributed by atoms with Gasteiger partial charge in [-0.15, -0.1) is 0 Å². The summed E-state index contributed by atoms with van der Waals surface area (Å²) < 4.78 is 27.3. The van der Waals surface area contributed by atoms with Crippen LogP contribution in [0.15, 0.2) is 18.2 Å². The molecule has 0 aromatic heterocycles. The predicted molar refractivity (Wildman–Crippen MR) is 93.2 cm³/mol. The van der Waals surface area contributed by atoms with Crippen molar-refractivity contribution in [2.45, 2.75) is 32.2 Å². The number of nitrogens with one attached hydrogen (secondary N) is 2. The average molecular weight is 365 g/mol. The average Bonchev–Trinajstić information content (AvgIpc) is 2.92. The maximum atomic E-state index is 14.1. The van der Waals surface area contributed by atoms with Gasteiger partial charge in [0.05, 0.1) is 12.5 Å². The summed E-state index contributed by atoms with van der Waals surface area (Å²) in [5.74, 6) is -0.704. The minimum atomic E-state index is -0.801. The Hall–Kier alpha value is -2.02. The van der Waals surface area contributed by atoms with Crippen LogP contribution in [0.1, 0.15) is 37.8 Å². The molecule has 1 aromatic rings. The first-order valence-corrected chi connectivity index (χ1v) is 9.14. The summed E-state index contributed by atoms with van der Waals surface area (Å²) >= 11 is 0. The zero-order valence-corrected chi connectivity index (χ0v) is 14.9. The Labute approximate surface area is 152 Å². The third kappa shape index (κ3) is 4.38. The van der Waals surface area contributed by atoms with Gasteiger partial charge in [0.1, 0.15) is 11.6 Å². The highest BCUT2D eigenvalue weighted by Gasteiger charge is 2.32. The monoisotopic (exact) mass is 365 g/mol. The van der Waals surface area contributed by atoms with E-state index in [1.165, 1.54) is 13.0 Å². The molecule has 2 aliphatic rings. The van der Waals surface area contributed by atoms with Crippen LogP contribution in [-0.2, 0) is 9.59 Å². The number of amides is 2. The molecule has 0 spiro atoms. The van der Waals surface area contributed by atoms with Gasteiger partial charge in [-0.2, -0.15) is 0 Å². The molecule has 1 unspecified atom stereocenters. The molecule has 2 heterocycles. The van der Waals surface area contributed by atoms with Crippen LogP contribution in [0.3, 0.4) is 0 Å². The Morgan fingerprint density at radius 2 is 1.88 bits per heavy atom. The van der Waals surface area contributed by atoms with Gasteiger partial charge in [-0.05, 0) is 43.8 Å². The van der Waals surface area contributed by atoms with Gasteiger partial charge >= 0.3 is 0 Å². The van der Waals surface area contributed by atoms with E-state index in [-0.39, 0.29) is 23.8 Å². The van der Waals surface area contributed by atoms with Gasteiger partial charge in [-0.3, -0.25) is 9.59 Å². The highest BCUT2D eigenvalue weighted by atomic mass is 19.1. The maximum Gasteiger partial charge on any atom is 0.224 e. The fourth-order valence-corrected chi connectivity index (χ4v) is 4.04. The van der Waals surface area contributed by atoms with E-state index in [2.05, 4.69) is 10.6 Å². The molecule has 3 rings (SSSR count). The van der Waals surface area contributed by atoms with Crippen molar-refractivity contribution in [2.75, 3.05) is 26.2 Å². The van der Waals surface area contributed by atoms with Gasteiger partial charge in [0.25, 0.3) is 0 Å². The van der Waals surface area contributed by atoms with Gasteiger partial charge in [0, 0.05) is 31.6 Å². The predicted octanol–water partition coefficient (Wildman–Crippen LogP) is 1.99. The molecule has 2 fully saturated rings. The Kier molecular flexibility index (Phi) is 5.86. The molecule has 2 aliphatic heterocycles. The van der Waals surface area contributed by atoms with Crippen molar-refractivity contribution in [1.82, 2.24) is 15.5 Å². The Bertz CT molecular complexity index is 669. The molecule has 142 valence electrons. The molecule has 2 saturated heterocycles. The lowest BCUT2D eigenvalue weighted by atomic mass is 9.92. The van der Waals surface area contributed by atoms with Crippen LogP contribution in [0, 0.1) is 23.5 Å². The van der Waals surface area contributed by atoms with E-state index in [9.17, 15) is 18.4 Å². The van der Waals surface area contributed by atoms with Gasteiger partial charge in [0.2, 0.25) is 11.8 Å². The van der Waals surface area contributed by atoms with Crippen LogP contribution < -0.4 is 10.6 Å². The lowest BCUT2D eigenvalue weighted by molar-refractivity contribution is -0.132. The molecule has 7 heteroatoms. The van der Waals surface area contributed by atoms with E-state index in [0.29, 0.717) is 24.9 Å². The van der Waals surface area contributed by atoms with Crippen molar-refractivity contribution in [3.63, 3.8) is 0 Å². The summed E-state index contributed by atoms with van der Waals surface area (Å²) in [6.45, 7) is 4.68. The van der Waals surface area contributed by atoms with Crippen molar-refractivity contribution < 1.29 is 18.4 Å². The first-order valence-electron chi connectivity index (χ1n) is 9.14. The van der Waals surface area contributed by atoms with E-state index in [1.54, 1.807) is 0 Å². The van der Waals surface area contributed by atoms with Crippen molar-refractivity contribution in [3.8, 4) is 0 Å². The van der Waals surface area contributed by atoms with Crippen LogP contribution >= 0.6 is 0 Å². The maximum absolute atomic E-state index is 14.1. The SMILES string of the molecule is CC(=O)NC(CC(=O)N1CC[C@@H]2CNC[C@@H]2CC1)c1ccc(F)cc1F. The van der Waals surface area contributed by atoms with Gasteiger partial charge in [0.15, 0.2) is 0 Å². The normalized spacial score (nSPS) is 23.9. The van der Waals surface area contributed by atoms with Gasteiger partial charge in [-0.1, -0.05) is 6.07 Å². The second kappa shape index (κ2) is 8.12. The largest absolute Gasteiger partial charge is 0.349 e. The second-order valence-electron chi connectivity index (χ2n) is 7.26. The Morgan fingerprint density at radius 3 is 2.46 bits per heavy atom. The number of fused-ring (bicyclic) bond motifs is 1. The van der Waals surface area contributed by atoms with Crippen molar-refractivity contribution in [3.05, 3.63) is 35.4 Å². The van der Waals surface area contributed by atoms with Crippen LogP contribution in [0.4, 0.5) is 8.78 Å². The smallest absolute Gasteiger partial charge is 0.224 e. The third-order valence-electron chi connectivity index (χ3n) is 5.47. The first-order chi connectivity index (χ1) is 12.4. The number of hydrogen-bond acceptors (Lipinski definition) is 3. The van der Waals surface area contributed by atoms with Crippen LogP contribution in [-0.4, -0.2) is 42.9 Å². The van der Waals surface area contributed by atoms with Crippen LogP contribution in [0.2, 0.25) is 0 Å². The van der Waals surface area contributed by atoms with E-state index < -0.39 is 17.7 Å². The number of hydrogen-bond donors (Lipinski definition) is 2. The Morgan fingerprint density at radius 1 is 1.23 bits per heavy atom. The number of carbonyl (C=O) groups excluding carboxylic acids is 2. The fourth-order valence-electron chi connectivity index (χ4n) is 4.04. The van der Waals surface area contributed by atoms with Crippen LogP contribution in [0.25, 0.3) is 0 Å². The zero-order chi connectivity index (χ0) is 18.7. The Balaban J connectivity index is 1.69. The number of nitrogens with zero attached hydrogens (tertiary/aromatic N) is 1. The highest BCUT2D eigenvalue weighted by molar-refractivity contribution is 5.79. The third-order valence-corrected chi connectivity index (χ3v) is 5.47. The molecule has 2 amide bonds. The second-order valence-corrected chi connectivity index (χ2v) is 7.26. The van der Waals surface area contributed by atoms with E-state index in [4.69, 9.17) is 0 Å². The molecule has 0 saturated carbocycles. The number of rotatable bonds is 4. The summed E-state index contributed by atoms with van der Waals surface area (Å²) in [5.41, 5.74) is 0.130. The molecular formula is C19H25F2N3O2. The molecule has 5 nitrogen and oxygen atoms in total. The number of halogens is 2. The van der Waals surface area contributed by atoms with Crippen molar-refractivity contribution in [1.29, 1.82) is 0 Å². The van der Waals surface area contributed by atoms with Gasteiger partial charge < -0.3 is 15.5 Å². The van der Waals surface area contributed by atoms with Crippen molar-refractivity contribution in [2.24, 2.45) is 11.8 Å². The molecular weight excluding hydrogens is 340 g/mol. The summed E-state index contributed by atoms with van der Waals surface area (Å²) in [5, 5.41) is 6.02. The quantitative estimate of drug-likeness (QED) is 0.858. The lowest BCUT2D eigenvalue weighted by Crippen LogP contribution is -2.37. The first kappa shape index (κ1) is 18.8. The molecule has 0 radical (unpaired) electrons. The highest BCUT2D eigenvalue weighted by Crippen LogP contribution is 2.28.